The summed E-state index contributed by atoms with van der Waals surface area (Å²) in [6, 6.07) is 7.37. The van der Waals surface area contributed by atoms with Crippen molar-refractivity contribution in [2.24, 2.45) is 0 Å². The van der Waals surface area contributed by atoms with Gasteiger partial charge >= 0.3 is 0 Å². The Morgan fingerprint density at radius 1 is 1.17 bits per heavy atom. The lowest BCUT2D eigenvalue weighted by atomic mass is 10.3. The van der Waals surface area contributed by atoms with Gasteiger partial charge in [-0.2, -0.15) is 0 Å². The number of benzene rings is 1. The van der Waals surface area contributed by atoms with Gasteiger partial charge < -0.3 is 15.2 Å². The lowest BCUT2D eigenvalue weighted by Gasteiger charge is -2.24. The van der Waals surface area contributed by atoms with E-state index >= 15 is 0 Å². The smallest absolute Gasteiger partial charge is 0.119 e. The van der Waals surface area contributed by atoms with Crippen LogP contribution in [0.15, 0.2) is 24.3 Å². The van der Waals surface area contributed by atoms with Gasteiger partial charge in [-0.05, 0) is 37.7 Å². The number of nitrogen functional groups attached to an aromatic ring is 1. The second-order valence-electron chi connectivity index (χ2n) is 4.05. The Labute approximate surface area is 110 Å². The van der Waals surface area contributed by atoms with Crippen LogP contribution in [-0.2, 0) is 4.74 Å². The molecule has 1 heterocycles. The van der Waals surface area contributed by atoms with Crippen molar-refractivity contribution < 1.29 is 9.47 Å². The van der Waals surface area contributed by atoms with Gasteiger partial charge in [-0.25, -0.2) is 0 Å². The summed E-state index contributed by atoms with van der Waals surface area (Å²) >= 11 is 0. The average Bonchev–Trinajstić information content (AvgIpc) is 2.43. The van der Waals surface area contributed by atoms with E-state index in [1.165, 1.54) is 6.54 Å². The molecule has 2 rings (SSSR count). The van der Waals surface area contributed by atoms with Gasteiger partial charge in [-0.1, -0.05) is 6.92 Å². The first-order chi connectivity index (χ1) is 8.76. The fraction of sp³-hybridized carbons (Fsp3) is 0.571. The van der Waals surface area contributed by atoms with Gasteiger partial charge in [0.15, 0.2) is 0 Å². The van der Waals surface area contributed by atoms with E-state index in [4.69, 9.17) is 15.2 Å². The summed E-state index contributed by atoms with van der Waals surface area (Å²) in [5.74, 6) is 0.872. The first-order valence-corrected chi connectivity index (χ1v) is 6.54. The van der Waals surface area contributed by atoms with Crippen LogP contribution >= 0.6 is 0 Å². The third-order valence-electron chi connectivity index (χ3n) is 2.74. The van der Waals surface area contributed by atoms with Gasteiger partial charge in [-0.15, -0.1) is 0 Å². The third-order valence-corrected chi connectivity index (χ3v) is 2.74. The number of hydrogen-bond donors (Lipinski definition) is 1. The van der Waals surface area contributed by atoms with E-state index in [9.17, 15) is 0 Å². The Bertz CT molecular complexity index is 308. The molecular weight excluding hydrogens is 228 g/mol. The highest BCUT2D eigenvalue weighted by atomic mass is 16.5. The minimum absolute atomic E-state index is 0.698. The Morgan fingerprint density at radius 3 is 2.22 bits per heavy atom. The predicted octanol–water partition coefficient (Wildman–Crippen LogP) is 2.01. The highest BCUT2D eigenvalue weighted by Crippen LogP contribution is 2.12. The number of likely N-dealkylation sites (N-methyl/N-ethyl adjacent to an activating group) is 1. The molecule has 0 aliphatic carbocycles. The molecule has 1 aromatic rings. The lowest BCUT2D eigenvalue weighted by Crippen LogP contribution is -2.35. The summed E-state index contributed by atoms with van der Waals surface area (Å²) in [5, 5.41) is 0. The van der Waals surface area contributed by atoms with Crippen molar-refractivity contribution in [1.82, 2.24) is 4.90 Å². The van der Waals surface area contributed by atoms with Crippen molar-refractivity contribution in [2.75, 3.05) is 45.2 Å². The Hall–Kier alpha value is -1.26. The zero-order valence-corrected chi connectivity index (χ0v) is 11.4. The number of hydrogen-bond acceptors (Lipinski definition) is 4. The summed E-state index contributed by atoms with van der Waals surface area (Å²) in [5.41, 5.74) is 6.23. The molecule has 2 N–H and O–H groups in total. The molecule has 102 valence electrons. The quantitative estimate of drug-likeness (QED) is 0.836. The topological polar surface area (TPSA) is 47.7 Å². The molecule has 1 saturated heterocycles. The summed E-state index contributed by atoms with van der Waals surface area (Å²) in [4.78, 5) is 2.39. The van der Waals surface area contributed by atoms with Crippen LogP contribution in [0.5, 0.6) is 5.75 Å². The van der Waals surface area contributed by atoms with E-state index in [-0.39, 0.29) is 0 Å². The van der Waals surface area contributed by atoms with Crippen molar-refractivity contribution in [3.63, 3.8) is 0 Å². The normalized spacial score (nSPS) is 15.7. The van der Waals surface area contributed by atoms with Gasteiger partial charge in [0.2, 0.25) is 0 Å². The van der Waals surface area contributed by atoms with E-state index in [0.717, 1.165) is 37.7 Å². The van der Waals surface area contributed by atoms with Crippen LogP contribution in [0.4, 0.5) is 5.69 Å². The molecule has 0 bridgehead atoms. The van der Waals surface area contributed by atoms with Crippen LogP contribution < -0.4 is 10.5 Å². The van der Waals surface area contributed by atoms with E-state index in [0.29, 0.717) is 6.61 Å². The van der Waals surface area contributed by atoms with E-state index in [2.05, 4.69) is 11.8 Å². The van der Waals surface area contributed by atoms with Crippen LogP contribution in [0.2, 0.25) is 0 Å². The van der Waals surface area contributed by atoms with Crippen molar-refractivity contribution in [1.29, 1.82) is 0 Å². The molecule has 18 heavy (non-hydrogen) atoms. The molecule has 4 nitrogen and oxygen atoms in total. The maximum absolute atomic E-state index is 5.47. The second kappa shape index (κ2) is 8.78. The number of morpholine rings is 1. The van der Waals surface area contributed by atoms with Gasteiger partial charge in [0.05, 0.1) is 19.8 Å². The largest absolute Gasteiger partial charge is 0.494 e. The molecule has 1 aromatic carbocycles. The molecule has 0 unspecified atom stereocenters. The maximum atomic E-state index is 5.47. The summed E-state index contributed by atoms with van der Waals surface area (Å²) in [6.07, 6.45) is 0. The highest BCUT2D eigenvalue weighted by Gasteiger charge is 2.05. The zero-order valence-electron chi connectivity index (χ0n) is 11.4. The fourth-order valence-electron chi connectivity index (χ4n) is 1.65. The Morgan fingerprint density at radius 2 is 1.78 bits per heavy atom. The molecule has 1 aliphatic rings. The minimum Gasteiger partial charge on any atom is -0.494 e. The first kappa shape index (κ1) is 14.8. The average molecular weight is 252 g/mol. The van der Waals surface area contributed by atoms with Crippen LogP contribution in [0.1, 0.15) is 13.8 Å². The van der Waals surface area contributed by atoms with E-state index < -0.39 is 0 Å². The summed E-state index contributed by atoms with van der Waals surface area (Å²) < 4.78 is 10.4. The van der Waals surface area contributed by atoms with Gasteiger partial charge in [-0.3, -0.25) is 4.90 Å². The molecule has 0 amide bonds. The second-order valence-corrected chi connectivity index (χ2v) is 4.05. The highest BCUT2D eigenvalue weighted by molar-refractivity contribution is 5.41. The van der Waals surface area contributed by atoms with Crippen molar-refractivity contribution in [2.45, 2.75) is 13.8 Å². The SMILES string of the molecule is CCN1CCOCC1.CCOc1ccc(N)cc1. The van der Waals surface area contributed by atoms with E-state index in [1.54, 1.807) is 0 Å². The first-order valence-electron chi connectivity index (χ1n) is 6.54. The molecule has 4 heteroatoms. The molecule has 0 aromatic heterocycles. The Kier molecular flexibility index (Phi) is 7.22. The van der Waals surface area contributed by atoms with Crippen LogP contribution in [0, 0.1) is 0 Å². The lowest BCUT2D eigenvalue weighted by molar-refractivity contribution is 0.0405. The fourth-order valence-corrected chi connectivity index (χ4v) is 1.65. The van der Waals surface area contributed by atoms with Gasteiger partial charge in [0.25, 0.3) is 0 Å². The van der Waals surface area contributed by atoms with E-state index in [1.807, 2.05) is 31.2 Å². The molecule has 0 saturated carbocycles. The van der Waals surface area contributed by atoms with Crippen LogP contribution in [-0.4, -0.2) is 44.4 Å². The summed E-state index contributed by atoms with van der Waals surface area (Å²) in [6.45, 7) is 10.1. The maximum Gasteiger partial charge on any atom is 0.119 e. The zero-order chi connectivity index (χ0) is 13.2. The molecule has 0 radical (unpaired) electrons. The molecular formula is C14H24N2O2. The van der Waals surface area contributed by atoms with Gasteiger partial charge in [0.1, 0.15) is 5.75 Å². The van der Waals surface area contributed by atoms with Crippen LogP contribution in [0.3, 0.4) is 0 Å². The van der Waals surface area contributed by atoms with Crippen LogP contribution in [0.25, 0.3) is 0 Å². The molecule has 0 atom stereocenters. The predicted molar refractivity (Wildman–Crippen MR) is 75.0 cm³/mol. The molecule has 0 spiro atoms. The molecule has 1 fully saturated rings. The minimum atomic E-state index is 0.698. The monoisotopic (exact) mass is 252 g/mol. The number of ether oxygens (including phenoxy) is 2. The summed E-state index contributed by atoms with van der Waals surface area (Å²) in [7, 11) is 0. The number of nitrogens with zero attached hydrogens (tertiary/aromatic N) is 1. The van der Waals surface area contributed by atoms with Crippen molar-refractivity contribution in [3.8, 4) is 5.75 Å². The van der Waals surface area contributed by atoms with Gasteiger partial charge in [0, 0.05) is 18.8 Å². The Balaban J connectivity index is 0.000000184. The van der Waals surface area contributed by atoms with Crippen molar-refractivity contribution >= 4 is 5.69 Å². The van der Waals surface area contributed by atoms with Crippen molar-refractivity contribution in [3.05, 3.63) is 24.3 Å². The number of anilines is 1. The third kappa shape index (κ3) is 5.89. The number of nitrogens with two attached hydrogens (primary N) is 1. The standard InChI is InChI=1S/C8H11NO.C6H13NO/c1-2-10-8-5-3-7(9)4-6-8;1-2-7-3-5-8-6-4-7/h3-6H,2,9H2,1H3;2-6H2,1H3. The molecule has 1 aliphatic heterocycles. The number of rotatable bonds is 3.